The maximum Gasteiger partial charge on any atom is 0.263 e. The number of ether oxygens (including phenoxy) is 2. The van der Waals surface area contributed by atoms with Crippen LogP contribution in [0.5, 0.6) is 11.5 Å². The molecule has 0 aliphatic rings. The fraction of sp³-hybridized carbons (Fsp3) is 0.176. The zero-order chi connectivity index (χ0) is 16.7. The molecule has 5 nitrogen and oxygen atoms in total. The van der Waals surface area contributed by atoms with Gasteiger partial charge in [0.1, 0.15) is 5.82 Å². The lowest BCUT2D eigenvalue weighted by Gasteiger charge is -2.11. The van der Waals surface area contributed by atoms with E-state index >= 15 is 0 Å². The quantitative estimate of drug-likeness (QED) is 0.788. The molecule has 1 amide bonds. The number of rotatable bonds is 7. The van der Waals surface area contributed by atoms with E-state index in [9.17, 15) is 4.79 Å². The average Bonchev–Trinajstić information content (AvgIpc) is 2.56. The number of carbonyl (C=O) groups is 1. The Morgan fingerprint density at radius 2 is 2.17 bits per heavy atom. The second-order valence-electron chi connectivity index (χ2n) is 4.68. The van der Waals surface area contributed by atoms with Gasteiger partial charge < -0.3 is 14.8 Å². The number of aromatic nitrogens is 1. The number of allylic oxidation sites excluding steroid dienone is 1. The SMILES string of the molecule is C=CCc1ccc(OCC(=O)Nc2ccc(Cl)cn2)c(OC)c1. The maximum atomic E-state index is 11.9. The second kappa shape index (κ2) is 8.19. The van der Waals surface area contributed by atoms with Crippen LogP contribution in [0.4, 0.5) is 5.82 Å². The van der Waals surface area contributed by atoms with E-state index in [0.717, 1.165) is 12.0 Å². The monoisotopic (exact) mass is 332 g/mol. The van der Waals surface area contributed by atoms with Crippen molar-refractivity contribution in [3.05, 3.63) is 59.8 Å². The van der Waals surface area contributed by atoms with Crippen molar-refractivity contribution in [2.45, 2.75) is 6.42 Å². The van der Waals surface area contributed by atoms with Gasteiger partial charge in [0.05, 0.1) is 12.1 Å². The van der Waals surface area contributed by atoms with Gasteiger partial charge in [-0.15, -0.1) is 6.58 Å². The van der Waals surface area contributed by atoms with Gasteiger partial charge in [-0.2, -0.15) is 0 Å². The highest BCUT2D eigenvalue weighted by molar-refractivity contribution is 6.30. The lowest BCUT2D eigenvalue weighted by atomic mass is 10.1. The summed E-state index contributed by atoms with van der Waals surface area (Å²) in [5.41, 5.74) is 1.05. The molecule has 0 saturated heterocycles. The average molecular weight is 333 g/mol. The van der Waals surface area contributed by atoms with Gasteiger partial charge in [0.25, 0.3) is 5.91 Å². The number of benzene rings is 1. The summed E-state index contributed by atoms with van der Waals surface area (Å²) in [5, 5.41) is 3.12. The van der Waals surface area contributed by atoms with Crippen LogP contribution in [0.2, 0.25) is 5.02 Å². The largest absolute Gasteiger partial charge is 0.493 e. The molecule has 0 fully saturated rings. The van der Waals surface area contributed by atoms with Crippen LogP contribution in [-0.4, -0.2) is 24.6 Å². The number of carbonyl (C=O) groups excluding carboxylic acids is 1. The third-order valence-corrected chi connectivity index (χ3v) is 3.19. The maximum absolute atomic E-state index is 11.9. The van der Waals surface area contributed by atoms with Crippen LogP contribution in [0, 0.1) is 0 Å². The second-order valence-corrected chi connectivity index (χ2v) is 5.11. The first-order valence-corrected chi connectivity index (χ1v) is 7.32. The minimum atomic E-state index is -0.322. The molecule has 2 aromatic rings. The van der Waals surface area contributed by atoms with Gasteiger partial charge in [0.15, 0.2) is 18.1 Å². The van der Waals surface area contributed by atoms with Crippen LogP contribution >= 0.6 is 11.6 Å². The van der Waals surface area contributed by atoms with E-state index in [1.165, 1.54) is 6.20 Å². The molecule has 1 heterocycles. The Balaban J connectivity index is 1.95. The summed E-state index contributed by atoms with van der Waals surface area (Å²) in [6.45, 7) is 3.55. The standard InChI is InChI=1S/C17H17ClN2O3/c1-3-4-12-5-7-14(15(9-12)22-2)23-11-17(21)20-16-8-6-13(18)10-19-16/h3,5-10H,1,4,11H2,2H3,(H,19,20,21). The predicted molar refractivity (Wildman–Crippen MR) is 90.3 cm³/mol. The van der Waals surface area contributed by atoms with Gasteiger partial charge in [-0.05, 0) is 36.2 Å². The summed E-state index contributed by atoms with van der Waals surface area (Å²) < 4.78 is 10.8. The summed E-state index contributed by atoms with van der Waals surface area (Å²) in [4.78, 5) is 15.9. The van der Waals surface area contributed by atoms with E-state index in [4.69, 9.17) is 21.1 Å². The Morgan fingerprint density at radius 1 is 1.35 bits per heavy atom. The van der Waals surface area contributed by atoms with Crippen LogP contribution in [0.25, 0.3) is 0 Å². The highest BCUT2D eigenvalue weighted by atomic mass is 35.5. The van der Waals surface area contributed by atoms with Crippen LogP contribution in [-0.2, 0) is 11.2 Å². The molecule has 1 N–H and O–H groups in total. The van der Waals surface area contributed by atoms with Gasteiger partial charge in [-0.1, -0.05) is 23.7 Å². The van der Waals surface area contributed by atoms with Crippen molar-refractivity contribution in [3.8, 4) is 11.5 Å². The Hall–Kier alpha value is -2.53. The molecule has 120 valence electrons. The fourth-order valence-corrected chi connectivity index (χ4v) is 2.01. The molecule has 6 heteroatoms. The minimum Gasteiger partial charge on any atom is -0.493 e. The number of anilines is 1. The zero-order valence-corrected chi connectivity index (χ0v) is 13.5. The highest BCUT2D eigenvalue weighted by Crippen LogP contribution is 2.28. The number of methoxy groups -OCH3 is 1. The van der Waals surface area contributed by atoms with Crippen LogP contribution in [0.3, 0.4) is 0 Å². The number of halogens is 1. The number of amides is 1. The molecular formula is C17H17ClN2O3. The molecule has 0 radical (unpaired) electrons. The minimum absolute atomic E-state index is 0.151. The topological polar surface area (TPSA) is 60.5 Å². The van der Waals surface area contributed by atoms with Crippen molar-refractivity contribution in [2.24, 2.45) is 0 Å². The summed E-state index contributed by atoms with van der Waals surface area (Å²) in [6.07, 6.45) is 4.00. The van der Waals surface area contributed by atoms with E-state index in [2.05, 4.69) is 16.9 Å². The fourth-order valence-electron chi connectivity index (χ4n) is 1.90. The van der Waals surface area contributed by atoms with Gasteiger partial charge in [0.2, 0.25) is 0 Å². The summed E-state index contributed by atoms with van der Waals surface area (Å²) in [6, 6.07) is 8.79. The van der Waals surface area contributed by atoms with Crippen molar-refractivity contribution < 1.29 is 14.3 Å². The van der Waals surface area contributed by atoms with Gasteiger partial charge in [-0.25, -0.2) is 4.98 Å². The van der Waals surface area contributed by atoms with Crippen molar-refractivity contribution in [1.29, 1.82) is 0 Å². The number of pyridine rings is 1. The first-order valence-electron chi connectivity index (χ1n) is 6.94. The Labute approximate surface area is 139 Å². The van der Waals surface area contributed by atoms with Crippen molar-refractivity contribution >= 4 is 23.3 Å². The van der Waals surface area contributed by atoms with Crippen LogP contribution in [0.1, 0.15) is 5.56 Å². The summed E-state index contributed by atoms with van der Waals surface area (Å²) in [5.74, 6) is 1.16. The molecule has 23 heavy (non-hydrogen) atoms. The number of hydrogen-bond donors (Lipinski definition) is 1. The van der Waals surface area contributed by atoms with Gasteiger partial charge in [-0.3, -0.25) is 4.79 Å². The lowest BCUT2D eigenvalue weighted by molar-refractivity contribution is -0.118. The molecule has 0 bridgehead atoms. The molecule has 1 aromatic carbocycles. The molecule has 0 atom stereocenters. The predicted octanol–water partition coefficient (Wildman–Crippen LogP) is 3.49. The third kappa shape index (κ3) is 5.00. The Bertz CT molecular complexity index is 687. The first-order chi connectivity index (χ1) is 11.1. The lowest BCUT2D eigenvalue weighted by Crippen LogP contribution is -2.20. The van der Waals surface area contributed by atoms with Crippen LogP contribution in [0.15, 0.2) is 49.2 Å². The molecule has 0 unspecified atom stereocenters. The van der Waals surface area contributed by atoms with E-state index < -0.39 is 0 Å². The highest BCUT2D eigenvalue weighted by Gasteiger charge is 2.09. The smallest absolute Gasteiger partial charge is 0.263 e. The zero-order valence-electron chi connectivity index (χ0n) is 12.7. The van der Waals surface area contributed by atoms with Crippen molar-refractivity contribution in [1.82, 2.24) is 4.98 Å². The van der Waals surface area contributed by atoms with Crippen molar-refractivity contribution in [3.63, 3.8) is 0 Å². The first kappa shape index (κ1) is 16.8. The molecule has 0 spiro atoms. The van der Waals surface area contributed by atoms with E-state index in [-0.39, 0.29) is 12.5 Å². The van der Waals surface area contributed by atoms with Gasteiger partial charge >= 0.3 is 0 Å². The van der Waals surface area contributed by atoms with E-state index in [1.807, 2.05) is 18.2 Å². The molecule has 2 rings (SSSR count). The molecular weight excluding hydrogens is 316 g/mol. The normalized spacial score (nSPS) is 10.0. The molecule has 0 saturated carbocycles. The van der Waals surface area contributed by atoms with Gasteiger partial charge in [0, 0.05) is 6.20 Å². The summed E-state index contributed by atoms with van der Waals surface area (Å²) in [7, 11) is 1.55. The number of nitrogens with one attached hydrogen (secondary N) is 1. The van der Waals surface area contributed by atoms with E-state index in [0.29, 0.717) is 22.3 Å². The van der Waals surface area contributed by atoms with Crippen LogP contribution < -0.4 is 14.8 Å². The van der Waals surface area contributed by atoms with Crippen molar-refractivity contribution in [2.75, 3.05) is 19.0 Å². The molecule has 0 aliphatic carbocycles. The Morgan fingerprint density at radius 3 is 2.83 bits per heavy atom. The summed E-state index contributed by atoms with van der Waals surface area (Å²) >= 11 is 5.74. The Kier molecular flexibility index (Phi) is 6.00. The molecule has 1 aromatic heterocycles. The van der Waals surface area contributed by atoms with E-state index in [1.54, 1.807) is 25.3 Å². The number of nitrogens with zero attached hydrogens (tertiary/aromatic N) is 1. The number of hydrogen-bond acceptors (Lipinski definition) is 4. The third-order valence-electron chi connectivity index (χ3n) is 2.96. The molecule has 0 aliphatic heterocycles.